The topological polar surface area (TPSA) is 52.6 Å². The SMILES string of the molecule is CCOC(=O)C=C(F)C(=O)OCC. The van der Waals surface area contributed by atoms with Crippen LogP contribution in [0.25, 0.3) is 0 Å². The van der Waals surface area contributed by atoms with Gasteiger partial charge in [-0.2, -0.15) is 4.39 Å². The van der Waals surface area contributed by atoms with Crippen molar-refractivity contribution in [2.24, 2.45) is 0 Å². The maximum Gasteiger partial charge on any atom is 0.367 e. The van der Waals surface area contributed by atoms with E-state index in [-0.39, 0.29) is 13.2 Å². The number of ether oxygens (including phenoxy) is 2. The molecule has 0 amide bonds. The van der Waals surface area contributed by atoms with Crippen LogP contribution in [0.15, 0.2) is 11.9 Å². The van der Waals surface area contributed by atoms with Gasteiger partial charge < -0.3 is 9.47 Å². The number of rotatable bonds is 4. The maximum absolute atomic E-state index is 12.6. The fourth-order valence-electron chi connectivity index (χ4n) is 0.546. The quantitative estimate of drug-likeness (QED) is 0.489. The van der Waals surface area contributed by atoms with Crippen LogP contribution in [-0.2, 0) is 19.1 Å². The summed E-state index contributed by atoms with van der Waals surface area (Å²) in [6.45, 7) is 3.30. The molecule has 0 N–H and O–H groups in total. The van der Waals surface area contributed by atoms with E-state index in [0.29, 0.717) is 6.08 Å². The zero-order valence-electron chi connectivity index (χ0n) is 7.50. The van der Waals surface area contributed by atoms with Crippen LogP contribution >= 0.6 is 0 Å². The molecule has 0 saturated heterocycles. The van der Waals surface area contributed by atoms with Crippen LogP contribution in [-0.4, -0.2) is 25.2 Å². The van der Waals surface area contributed by atoms with Crippen molar-refractivity contribution in [2.45, 2.75) is 13.8 Å². The van der Waals surface area contributed by atoms with Crippen LogP contribution < -0.4 is 0 Å². The fraction of sp³-hybridized carbons (Fsp3) is 0.500. The molecule has 0 atom stereocenters. The van der Waals surface area contributed by atoms with Crippen LogP contribution in [0.5, 0.6) is 0 Å². The first-order valence-electron chi connectivity index (χ1n) is 3.82. The fourth-order valence-corrected chi connectivity index (χ4v) is 0.546. The third-order valence-corrected chi connectivity index (χ3v) is 1.00. The lowest BCUT2D eigenvalue weighted by Gasteiger charge is -1.98. The Morgan fingerprint density at radius 1 is 1.23 bits per heavy atom. The molecule has 0 saturated carbocycles. The van der Waals surface area contributed by atoms with E-state index in [1.807, 2.05) is 0 Å². The molecule has 4 nitrogen and oxygen atoms in total. The lowest BCUT2D eigenvalue weighted by molar-refractivity contribution is -0.142. The first-order chi connectivity index (χ1) is 6.11. The molecule has 0 fully saturated rings. The minimum atomic E-state index is -1.25. The number of carbonyl (C=O) groups is 2. The van der Waals surface area contributed by atoms with Gasteiger partial charge >= 0.3 is 11.9 Å². The lowest BCUT2D eigenvalue weighted by atomic mass is 10.4. The second kappa shape index (κ2) is 6.16. The van der Waals surface area contributed by atoms with Crippen LogP contribution in [0.3, 0.4) is 0 Å². The van der Waals surface area contributed by atoms with Crippen molar-refractivity contribution in [1.29, 1.82) is 0 Å². The van der Waals surface area contributed by atoms with Gasteiger partial charge in [0.2, 0.25) is 5.83 Å². The Morgan fingerprint density at radius 3 is 2.23 bits per heavy atom. The number of halogens is 1. The summed E-state index contributed by atoms with van der Waals surface area (Å²) in [5.74, 6) is -3.30. The van der Waals surface area contributed by atoms with Crippen molar-refractivity contribution in [3.05, 3.63) is 11.9 Å². The molecule has 5 heteroatoms. The van der Waals surface area contributed by atoms with Crippen LogP contribution in [0, 0.1) is 0 Å². The van der Waals surface area contributed by atoms with E-state index in [9.17, 15) is 14.0 Å². The van der Waals surface area contributed by atoms with E-state index in [2.05, 4.69) is 9.47 Å². The van der Waals surface area contributed by atoms with Gasteiger partial charge in [0, 0.05) is 0 Å². The van der Waals surface area contributed by atoms with E-state index >= 15 is 0 Å². The van der Waals surface area contributed by atoms with Crippen molar-refractivity contribution in [1.82, 2.24) is 0 Å². The summed E-state index contributed by atoms with van der Waals surface area (Å²) in [5, 5.41) is 0. The minimum absolute atomic E-state index is 0.0585. The Morgan fingerprint density at radius 2 is 1.77 bits per heavy atom. The van der Waals surface area contributed by atoms with E-state index < -0.39 is 17.8 Å². The number of esters is 2. The molecule has 0 radical (unpaired) electrons. The Balaban J connectivity index is 4.14. The number of hydrogen-bond donors (Lipinski definition) is 0. The summed E-state index contributed by atoms with van der Waals surface area (Å²) < 4.78 is 21.3. The van der Waals surface area contributed by atoms with Crippen molar-refractivity contribution in [3.8, 4) is 0 Å². The molecule has 0 aliphatic rings. The van der Waals surface area contributed by atoms with Gasteiger partial charge in [0.15, 0.2) is 0 Å². The van der Waals surface area contributed by atoms with Gasteiger partial charge in [0.05, 0.1) is 19.3 Å². The van der Waals surface area contributed by atoms with Gasteiger partial charge in [0.1, 0.15) is 0 Å². The maximum atomic E-state index is 12.6. The van der Waals surface area contributed by atoms with Gasteiger partial charge in [-0.15, -0.1) is 0 Å². The molecule has 0 spiro atoms. The average molecular weight is 190 g/mol. The molecule has 0 bridgehead atoms. The van der Waals surface area contributed by atoms with Crippen molar-refractivity contribution in [2.75, 3.05) is 13.2 Å². The van der Waals surface area contributed by atoms with Crippen LogP contribution in [0.2, 0.25) is 0 Å². The highest BCUT2D eigenvalue weighted by Crippen LogP contribution is 2.00. The molecule has 0 aromatic heterocycles. The Bertz CT molecular complexity index is 222. The molecule has 74 valence electrons. The highest BCUT2D eigenvalue weighted by molar-refractivity contribution is 5.94. The number of hydrogen-bond acceptors (Lipinski definition) is 4. The molecule has 0 aliphatic carbocycles. The summed E-state index contributed by atoms with van der Waals surface area (Å²) >= 11 is 0. The van der Waals surface area contributed by atoms with Crippen molar-refractivity contribution >= 4 is 11.9 Å². The largest absolute Gasteiger partial charge is 0.463 e. The van der Waals surface area contributed by atoms with Crippen molar-refractivity contribution in [3.63, 3.8) is 0 Å². The molecule has 13 heavy (non-hydrogen) atoms. The average Bonchev–Trinajstić information content (AvgIpc) is 2.05. The van der Waals surface area contributed by atoms with E-state index in [4.69, 9.17) is 0 Å². The van der Waals surface area contributed by atoms with Gasteiger partial charge in [-0.3, -0.25) is 0 Å². The standard InChI is InChI=1S/C8H11FO4/c1-3-12-7(10)5-6(9)8(11)13-4-2/h5H,3-4H2,1-2H3. The minimum Gasteiger partial charge on any atom is -0.463 e. The highest BCUT2D eigenvalue weighted by Gasteiger charge is 2.11. The molecule has 0 aromatic rings. The Hall–Kier alpha value is -1.39. The van der Waals surface area contributed by atoms with Crippen LogP contribution in [0.1, 0.15) is 13.8 Å². The monoisotopic (exact) mass is 190 g/mol. The third kappa shape index (κ3) is 4.95. The smallest absolute Gasteiger partial charge is 0.367 e. The zero-order valence-corrected chi connectivity index (χ0v) is 7.50. The molecule has 0 heterocycles. The van der Waals surface area contributed by atoms with Gasteiger partial charge in [-0.25, -0.2) is 9.59 Å². The predicted molar refractivity (Wildman–Crippen MR) is 42.5 cm³/mol. The molecule has 0 aliphatic heterocycles. The molecule has 0 aromatic carbocycles. The van der Waals surface area contributed by atoms with E-state index in [1.165, 1.54) is 6.92 Å². The molecular formula is C8H11FO4. The zero-order chi connectivity index (χ0) is 10.3. The summed E-state index contributed by atoms with van der Waals surface area (Å²) in [6, 6.07) is 0. The normalized spacial score (nSPS) is 10.8. The van der Waals surface area contributed by atoms with Gasteiger partial charge in [-0.05, 0) is 13.8 Å². The second-order valence-electron chi connectivity index (χ2n) is 1.96. The third-order valence-electron chi connectivity index (χ3n) is 1.00. The Kier molecular flexibility index (Phi) is 5.50. The van der Waals surface area contributed by atoms with E-state index in [0.717, 1.165) is 0 Å². The summed E-state index contributed by atoms with van der Waals surface area (Å²) in [4.78, 5) is 21.2. The molecule has 0 rings (SSSR count). The van der Waals surface area contributed by atoms with Gasteiger partial charge in [0.25, 0.3) is 0 Å². The van der Waals surface area contributed by atoms with Crippen LogP contribution in [0.4, 0.5) is 4.39 Å². The second-order valence-corrected chi connectivity index (χ2v) is 1.96. The summed E-state index contributed by atoms with van der Waals surface area (Å²) in [6.07, 6.45) is 0.460. The van der Waals surface area contributed by atoms with Crippen molar-refractivity contribution < 1.29 is 23.5 Å². The first-order valence-corrected chi connectivity index (χ1v) is 3.82. The lowest BCUT2D eigenvalue weighted by Crippen LogP contribution is -2.08. The molecule has 0 unspecified atom stereocenters. The summed E-state index contributed by atoms with van der Waals surface area (Å²) in [5.41, 5.74) is 0. The first kappa shape index (κ1) is 11.6. The highest BCUT2D eigenvalue weighted by atomic mass is 19.1. The summed E-state index contributed by atoms with van der Waals surface area (Å²) in [7, 11) is 0. The van der Waals surface area contributed by atoms with E-state index in [1.54, 1.807) is 6.92 Å². The number of carbonyl (C=O) groups excluding carboxylic acids is 2. The predicted octanol–water partition coefficient (Wildman–Crippen LogP) is 0.966. The Labute approximate surface area is 75.3 Å². The van der Waals surface area contributed by atoms with Gasteiger partial charge in [-0.1, -0.05) is 0 Å². The molecular weight excluding hydrogens is 179 g/mol.